The van der Waals surface area contributed by atoms with Crippen molar-refractivity contribution in [1.29, 1.82) is 0 Å². The zero-order chi connectivity index (χ0) is 27.6. The molecule has 0 spiro atoms. The highest BCUT2D eigenvalue weighted by Crippen LogP contribution is 2.44. The quantitative estimate of drug-likeness (QED) is 0.515. The van der Waals surface area contributed by atoms with Gasteiger partial charge < -0.3 is 16.0 Å². The summed E-state index contributed by atoms with van der Waals surface area (Å²) in [7, 11) is 0. The lowest BCUT2D eigenvalue weighted by molar-refractivity contribution is 0.1000. The summed E-state index contributed by atoms with van der Waals surface area (Å²) < 4.78 is 0. The van der Waals surface area contributed by atoms with Crippen LogP contribution >= 0.6 is 11.6 Å². The molecule has 0 aromatic heterocycles. The zero-order valence-electron chi connectivity index (χ0n) is 23.8. The number of hydrogen-bond donors (Lipinski definition) is 2. The number of amides is 1. The van der Waals surface area contributed by atoms with Crippen LogP contribution in [0, 0.1) is 5.41 Å². The minimum Gasteiger partial charge on any atom is -0.369 e. The molecule has 210 valence electrons. The summed E-state index contributed by atoms with van der Waals surface area (Å²) in [6.07, 6.45) is 3.49. The zero-order valence-corrected chi connectivity index (χ0v) is 24.5. The second-order valence-corrected chi connectivity index (χ2v) is 12.9. The van der Waals surface area contributed by atoms with Gasteiger partial charge in [0.2, 0.25) is 5.91 Å². The number of carbonyl (C=O) groups is 1. The van der Waals surface area contributed by atoms with E-state index in [1.807, 2.05) is 36.4 Å². The fourth-order valence-corrected chi connectivity index (χ4v) is 7.11. The Balaban J connectivity index is 1.29. The number of hydrogen-bond acceptors (Lipinski definition) is 5. The number of nitrogens with two attached hydrogens (primary N) is 1. The summed E-state index contributed by atoms with van der Waals surface area (Å²) in [6.45, 7) is 15.6. The Bertz CT molecular complexity index is 1160. The van der Waals surface area contributed by atoms with E-state index in [0.717, 1.165) is 75.9 Å². The van der Waals surface area contributed by atoms with Crippen molar-refractivity contribution >= 4 is 28.8 Å². The summed E-state index contributed by atoms with van der Waals surface area (Å²) >= 11 is 6.25. The molecule has 2 aliphatic heterocycles. The van der Waals surface area contributed by atoms with Crippen molar-refractivity contribution in [2.45, 2.75) is 52.1 Å². The van der Waals surface area contributed by atoms with Crippen LogP contribution in [0.15, 0.2) is 54.1 Å². The molecule has 2 fully saturated rings. The Kier molecular flexibility index (Phi) is 8.67. The van der Waals surface area contributed by atoms with Crippen LogP contribution in [-0.4, -0.2) is 80.1 Å². The number of nitrogens with zero attached hydrogens (tertiary/aromatic N) is 3. The molecule has 1 aliphatic carbocycles. The summed E-state index contributed by atoms with van der Waals surface area (Å²) in [5.41, 5.74) is 11.9. The number of primary amides is 1. The molecule has 0 radical (unpaired) electrons. The van der Waals surface area contributed by atoms with E-state index in [4.69, 9.17) is 17.3 Å². The lowest BCUT2D eigenvalue weighted by Gasteiger charge is -2.45. The molecule has 2 aromatic carbocycles. The number of piperazine rings is 2. The molecule has 5 rings (SSSR count). The van der Waals surface area contributed by atoms with Crippen molar-refractivity contribution in [1.82, 2.24) is 15.1 Å². The molecule has 7 heteroatoms. The number of allylic oxidation sites excluding steroid dienone is 1. The van der Waals surface area contributed by atoms with Gasteiger partial charge in [-0.15, -0.1) is 0 Å². The van der Waals surface area contributed by atoms with E-state index in [-0.39, 0.29) is 11.3 Å². The van der Waals surface area contributed by atoms with E-state index in [0.29, 0.717) is 17.6 Å². The van der Waals surface area contributed by atoms with Crippen molar-refractivity contribution in [3.8, 4) is 0 Å². The van der Waals surface area contributed by atoms with Gasteiger partial charge in [-0.1, -0.05) is 36.2 Å². The Hall–Kier alpha value is -2.38. The van der Waals surface area contributed by atoms with Gasteiger partial charge >= 0.3 is 0 Å². The molecule has 2 heterocycles. The summed E-state index contributed by atoms with van der Waals surface area (Å²) in [5, 5.41) is 4.48. The minimum atomic E-state index is -0.378. The highest BCUT2D eigenvalue weighted by Gasteiger charge is 2.36. The second-order valence-electron chi connectivity index (χ2n) is 12.4. The maximum absolute atomic E-state index is 11.4. The highest BCUT2D eigenvalue weighted by atomic mass is 35.5. The van der Waals surface area contributed by atoms with Crippen LogP contribution in [0.4, 0.5) is 5.69 Å². The third kappa shape index (κ3) is 7.04. The summed E-state index contributed by atoms with van der Waals surface area (Å²) in [4.78, 5) is 19.2. The van der Waals surface area contributed by atoms with E-state index in [1.165, 1.54) is 17.6 Å². The van der Waals surface area contributed by atoms with Crippen LogP contribution in [0.5, 0.6) is 0 Å². The van der Waals surface area contributed by atoms with E-state index in [2.05, 4.69) is 52.9 Å². The molecular formula is C32H44ClN5O. The average Bonchev–Trinajstić information content (AvgIpc) is 2.89. The Morgan fingerprint density at radius 2 is 1.62 bits per heavy atom. The first-order valence-corrected chi connectivity index (χ1v) is 14.9. The van der Waals surface area contributed by atoms with Gasteiger partial charge in [0.1, 0.15) is 0 Å². The number of nitrogens with one attached hydrogen (secondary N) is 1. The van der Waals surface area contributed by atoms with Crippen LogP contribution in [-0.2, 0) is 0 Å². The van der Waals surface area contributed by atoms with Crippen LogP contribution in [0.25, 0.3) is 5.57 Å². The van der Waals surface area contributed by atoms with Crippen molar-refractivity contribution < 1.29 is 4.79 Å². The van der Waals surface area contributed by atoms with Crippen molar-refractivity contribution in [2.75, 3.05) is 57.3 Å². The third-order valence-corrected chi connectivity index (χ3v) is 9.03. The lowest BCUT2D eigenvalue weighted by Crippen LogP contribution is -2.56. The normalized spacial score (nSPS) is 27.1. The Morgan fingerprint density at radius 1 is 0.974 bits per heavy atom. The monoisotopic (exact) mass is 549 g/mol. The smallest absolute Gasteiger partial charge is 0.248 e. The summed E-state index contributed by atoms with van der Waals surface area (Å²) in [6, 6.07) is 17.2. The number of anilines is 1. The van der Waals surface area contributed by atoms with Crippen LogP contribution < -0.4 is 16.0 Å². The van der Waals surface area contributed by atoms with Crippen LogP contribution in [0.1, 0.15) is 56.0 Å². The van der Waals surface area contributed by atoms with E-state index >= 15 is 0 Å². The van der Waals surface area contributed by atoms with Gasteiger partial charge in [-0.3, -0.25) is 14.6 Å². The molecular weight excluding hydrogens is 506 g/mol. The van der Waals surface area contributed by atoms with Gasteiger partial charge in [0.25, 0.3) is 0 Å². The predicted octanol–water partition coefficient (Wildman–Crippen LogP) is 4.89. The fraction of sp³-hybridized carbons (Fsp3) is 0.531. The van der Waals surface area contributed by atoms with Gasteiger partial charge in [0.15, 0.2) is 0 Å². The SMILES string of the molecule is CC1CN(C[C@]2(C)CCC(c3ccc(Cl)cc3)=C(CN3CCN(c4ccc(C(N)=O)cc4)CC3)C2)CC(C)N1. The van der Waals surface area contributed by atoms with Gasteiger partial charge in [-0.2, -0.15) is 0 Å². The second kappa shape index (κ2) is 12.0. The van der Waals surface area contributed by atoms with Gasteiger partial charge in [-0.25, -0.2) is 0 Å². The summed E-state index contributed by atoms with van der Waals surface area (Å²) in [5.74, 6) is -0.378. The van der Waals surface area contributed by atoms with E-state index in [9.17, 15) is 4.79 Å². The van der Waals surface area contributed by atoms with E-state index in [1.54, 1.807) is 5.57 Å². The molecule has 1 amide bonds. The number of rotatable bonds is 7. The van der Waals surface area contributed by atoms with Crippen molar-refractivity contribution in [3.05, 3.63) is 70.3 Å². The number of benzene rings is 2. The van der Waals surface area contributed by atoms with Gasteiger partial charge in [-0.05, 0) is 86.1 Å². The molecule has 6 nitrogen and oxygen atoms in total. The topological polar surface area (TPSA) is 64.8 Å². The first-order chi connectivity index (χ1) is 18.7. The van der Waals surface area contributed by atoms with Crippen LogP contribution in [0.2, 0.25) is 5.02 Å². The molecule has 3 aliphatic rings. The molecule has 39 heavy (non-hydrogen) atoms. The fourth-order valence-electron chi connectivity index (χ4n) is 6.98. The first kappa shape index (κ1) is 28.2. The molecule has 2 aromatic rings. The standard InChI is InChI=1S/C32H44ClN5O/c1-23-19-37(20-24(2)35-23)22-32(3)13-12-30(25-4-8-28(33)9-5-25)27(18-32)21-36-14-16-38(17-15-36)29-10-6-26(7-11-29)31(34)39/h4-11,23-24,35H,12-22H2,1-3H3,(H2,34,39)/t23?,24?,32-/m1/s1. The lowest BCUT2D eigenvalue weighted by atomic mass is 9.71. The molecule has 3 atom stereocenters. The third-order valence-electron chi connectivity index (χ3n) is 8.78. The molecule has 2 saturated heterocycles. The maximum Gasteiger partial charge on any atom is 0.248 e. The predicted molar refractivity (Wildman–Crippen MR) is 162 cm³/mol. The number of halogens is 1. The van der Waals surface area contributed by atoms with Crippen molar-refractivity contribution in [3.63, 3.8) is 0 Å². The maximum atomic E-state index is 11.4. The minimum absolute atomic E-state index is 0.284. The average molecular weight is 550 g/mol. The Labute approximate surface area is 239 Å². The van der Waals surface area contributed by atoms with Gasteiger partial charge in [0, 0.05) is 80.7 Å². The largest absolute Gasteiger partial charge is 0.369 e. The van der Waals surface area contributed by atoms with Gasteiger partial charge in [0.05, 0.1) is 0 Å². The highest BCUT2D eigenvalue weighted by molar-refractivity contribution is 6.30. The molecule has 0 bridgehead atoms. The first-order valence-electron chi connectivity index (χ1n) is 14.5. The Morgan fingerprint density at radius 3 is 2.23 bits per heavy atom. The molecule has 0 saturated carbocycles. The molecule has 3 N–H and O–H groups in total. The van der Waals surface area contributed by atoms with Crippen molar-refractivity contribution in [2.24, 2.45) is 11.1 Å². The number of carbonyl (C=O) groups excluding carboxylic acids is 1. The van der Waals surface area contributed by atoms with Crippen LogP contribution in [0.3, 0.4) is 0 Å². The van der Waals surface area contributed by atoms with E-state index < -0.39 is 0 Å². The molecule has 2 unspecified atom stereocenters.